The van der Waals surface area contributed by atoms with E-state index in [9.17, 15) is 14.4 Å². The molecule has 2 atom stereocenters. The molecule has 1 saturated heterocycles. The monoisotopic (exact) mass is 427 g/mol. The summed E-state index contributed by atoms with van der Waals surface area (Å²) in [5.41, 5.74) is 0.311. The van der Waals surface area contributed by atoms with Gasteiger partial charge in [0.15, 0.2) is 11.5 Å². The van der Waals surface area contributed by atoms with Crippen LogP contribution < -0.4 is 20.1 Å². The second-order valence-corrected chi connectivity index (χ2v) is 8.65. The Kier molecular flexibility index (Phi) is 4.43. The Hall–Kier alpha value is -3.07. The molecule has 1 aromatic carbocycles. The number of rotatable bonds is 3. The van der Waals surface area contributed by atoms with Crippen LogP contribution in [0, 0.1) is 0 Å². The van der Waals surface area contributed by atoms with E-state index in [2.05, 4.69) is 10.6 Å². The number of aryl methyl sites for hydroxylation is 1. The third-order valence-corrected chi connectivity index (χ3v) is 6.84. The standard InChI is InChI=1S/C21H21N3O5S/c1-12(18(25)22-13-4-5-15-16(11-13)29-9-8-28-15)24-19(26)21(23-20(24)27)7-2-3-17-14(21)6-10-30-17/h4-6,10-12H,2-3,7-9H2,1H3,(H,22,25)(H,23,27)/t12-,21-/m0/s1. The molecule has 8 nitrogen and oxygen atoms in total. The lowest BCUT2D eigenvalue weighted by atomic mass is 9.80. The van der Waals surface area contributed by atoms with Crippen LogP contribution in [0.3, 0.4) is 0 Å². The third-order valence-electron chi connectivity index (χ3n) is 5.86. The molecule has 0 radical (unpaired) electrons. The molecule has 1 aromatic heterocycles. The van der Waals surface area contributed by atoms with Crippen molar-refractivity contribution in [2.75, 3.05) is 18.5 Å². The molecule has 9 heteroatoms. The minimum atomic E-state index is -1.06. The predicted molar refractivity (Wildman–Crippen MR) is 110 cm³/mol. The average Bonchev–Trinajstić information content (AvgIpc) is 3.32. The number of hydrogen-bond acceptors (Lipinski definition) is 6. The zero-order valence-corrected chi connectivity index (χ0v) is 17.2. The van der Waals surface area contributed by atoms with Gasteiger partial charge >= 0.3 is 6.03 Å². The maximum absolute atomic E-state index is 13.4. The second kappa shape index (κ2) is 7.02. The van der Waals surface area contributed by atoms with Gasteiger partial charge in [-0.3, -0.25) is 9.59 Å². The van der Waals surface area contributed by atoms with Crippen LogP contribution in [0.2, 0.25) is 0 Å². The smallest absolute Gasteiger partial charge is 0.326 e. The highest BCUT2D eigenvalue weighted by Gasteiger charge is 2.56. The number of imide groups is 1. The number of urea groups is 1. The highest BCUT2D eigenvalue weighted by Crippen LogP contribution is 2.42. The number of benzene rings is 1. The maximum Gasteiger partial charge on any atom is 0.326 e. The topological polar surface area (TPSA) is 97.0 Å². The predicted octanol–water partition coefficient (Wildman–Crippen LogP) is 2.63. The Morgan fingerprint density at radius 1 is 1.23 bits per heavy atom. The molecule has 3 heterocycles. The summed E-state index contributed by atoms with van der Waals surface area (Å²) in [4.78, 5) is 41.2. The fraction of sp³-hybridized carbons (Fsp3) is 0.381. The van der Waals surface area contributed by atoms with Gasteiger partial charge in [-0.25, -0.2) is 9.69 Å². The fourth-order valence-corrected chi connectivity index (χ4v) is 5.35. The molecule has 0 saturated carbocycles. The number of carbonyl (C=O) groups excluding carboxylic acids is 3. The van der Waals surface area contributed by atoms with E-state index >= 15 is 0 Å². The molecular weight excluding hydrogens is 406 g/mol. The summed E-state index contributed by atoms with van der Waals surface area (Å²) in [6, 6.07) is 5.49. The van der Waals surface area contributed by atoms with Gasteiger partial charge in [0.2, 0.25) is 5.91 Å². The first kappa shape index (κ1) is 18.9. The van der Waals surface area contributed by atoms with Crippen molar-refractivity contribution in [2.45, 2.75) is 37.8 Å². The molecule has 3 aliphatic rings. The molecule has 0 bridgehead atoms. The van der Waals surface area contributed by atoms with Crippen molar-refractivity contribution in [1.82, 2.24) is 10.2 Å². The van der Waals surface area contributed by atoms with Gasteiger partial charge in [-0.05, 0) is 49.8 Å². The van der Waals surface area contributed by atoms with E-state index in [0.29, 0.717) is 36.8 Å². The second-order valence-electron chi connectivity index (χ2n) is 7.65. The van der Waals surface area contributed by atoms with Crippen LogP contribution in [-0.2, 0) is 21.5 Å². The summed E-state index contributed by atoms with van der Waals surface area (Å²) >= 11 is 1.59. The van der Waals surface area contributed by atoms with Gasteiger partial charge in [0.25, 0.3) is 5.91 Å². The first-order valence-corrected chi connectivity index (χ1v) is 10.8. The van der Waals surface area contributed by atoms with E-state index in [-0.39, 0.29) is 5.91 Å². The van der Waals surface area contributed by atoms with E-state index in [1.165, 1.54) is 0 Å². The molecule has 2 aromatic rings. The number of amides is 4. The number of anilines is 1. The highest BCUT2D eigenvalue weighted by molar-refractivity contribution is 7.10. The van der Waals surface area contributed by atoms with E-state index < -0.39 is 23.5 Å². The highest BCUT2D eigenvalue weighted by atomic mass is 32.1. The minimum absolute atomic E-state index is 0.364. The minimum Gasteiger partial charge on any atom is -0.486 e. The lowest BCUT2D eigenvalue weighted by Crippen LogP contribution is -2.49. The maximum atomic E-state index is 13.4. The van der Waals surface area contributed by atoms with Crippen molar-refractivity contribution < 1.29 is 23.9 Å². The number of ether oxygens (including phenoxy) is 2. The van der Waals surface area contributed by atoms with E-state index in [0.717, 1.165) is 28.2 Å². The Bertz CT molecular complexity index is 1050. The van der Waals surface area contributed by atoms with Crippen molar-refractivity contribution in [1.29, 1.82) is 0 Å². The van der Waals surface area contributed by atoms with E-state index in [4.69, 9.17) is 9.47 Å². The quantitative estimate of drug-likeness (QED) is 0.734. The zero-order chi connectivity index (χ0) is 20.9. The Morgan fingerprint density at radius 3 is 2.87 bits per heavy atom. The van der Waals surface area contributed by atoms with Crippen LogP contribution in [0.1, 0.15) is 30.2 Å². The van der Waals surface area contributed by atoms with Crippen LogP contribution in [0.5, 0.6) is 11.5 Å². The summed E-state index contributed by atoms with van der Waals surface area (Å²) in [5.74, 6) is 0.352. The summed E-state index contributed by atoms with van der Waals surface area (Å²) in [5, 5.41) is 7.59. The van der Waals surface area contributed by atoms with E-state index in [1.54, 1.807) is 36.5 Å². The van der Waals surface area contributed by atoms with Crippen LogP contribution in [-0.4, -0.2) is 42.0 Å². The fourth-order valence-electron chi connectivity index (χ4n) is 4.35. The third kappa shape index (κ3) is 2.84. The molecule has 2 aliphatic heterocycles. The lowest BCUT2D eigenvalue weighted by Gasteiger charge is -2.31. The van der Waals surface area contributed by atoms with Crippen LogP contribution in [0.15, 0.2) is 29.6 Å². The van der Waals surface area contributed by atoms with Crippen molar-refractivity contribution in [3.05, 3.63) is 40.1 Å². The SMILES string of the molecule is C[C@@H](C(=O)Nc1ccc2c(c1)OCCO2)N1C(=O)N[C@]2(CCCc3sccc32)C1=O. The van der Waals surface area contributed by atoms with Gasteiger partial charge in [0.05, 0.1) is 0 Å². The Labute approximate surface area is 177 Å². The lowest BCUT2D eigenvalue weighted by molar-refractivity contribution is -0.137. The number of carbonyl (C=O) groups is 3. The average molecular weight is 427 g/mol. The molecule has 1 fully saturated rings. The van der Waals surface area contributed by atoms with Gasteiger partial charge < -0.3 is 20.1 Å². The molecule has 0 unspecified atom stereocenters. The van der Waals surface area contributed by atoms with Crippen molar-refractivity contribution in [3.63, 3.8) is 0 Å². The molecule has 2 N–H and O–H groups in total. The van der Waals surface area contributed by atoms with Gasteiger partial charge in [-0.15, -0.1) is 11.3 Å². The van der Waals surface area contributed by atoms with Gasteiger partial charge in [-0.2, -0.15) is 0 Å². The van der Waals surface area contributed by atoms with E-state index in [1.807, 2.05) is 11.4 Å². The first-order valence-electron chi connectivity index (χ1n) is 9.93. The van der Waals surface area contributed by atoms with Gasteiger partial charge in [0.1, 0.15) is 24.8 Å². The molecular formula is C21H21N3O5S. The van der Waals surface area contributed by atoms with Gasteiger partial charge in [-0.1, -0.05) is 0 Å². The first-order chi connectivity index (χ1) is 14.5. The van der Waals surface area contributed by atoms with Crippen molar-refractivity contribution >= 4 is 34.9 Å². The van der Waals surface area contributed by atoms with Crippen LogP contribution >= 0.6 is 11.3 Å². The van der Waals surface area contributed by atoms with Gasteiger partial charge in [0, 0.05) is 22.2 Å². The molecule has 156 valence electrons. The number of fused-ring (bicyclic) bond motifs is 3. The Balaban J connectivity index is 1.36. The largest absolute Gasteiger partial charge is 0.486 e. The summed E-state index contributed by atoms with van der Waals surface area (Å²) < 4.78 is 11.0. The van der Waals surface area contributed by atoms with Crippen LogP contribution in [0.25, 0.3) is 0 Å². The molecule has 1 aliphatic carbocycles. The summed E-state index contributed by atoms with van der Waals surface area (Å²) in [6.07, 6.45) is 2.25. The molecule has 5 rings (SSSR count). The summed E-state index contributed by atoms with van der Waals surface area (Å²) in [7, 11) is 0. The number of thiophene rings is 1. The normalized spacial score (nSPS) is 23.2. The number of hydrogen-bond donors (Lipinski definition) is 2. The van der Waals surface area contributed by atoms with Crippen molar-refractivity contribution in [3.8, 4) is 11.5 Å². The Morgan fingerprint density at radius 2 is 2.03 bits per heavy atom. The summed E-state index contributed by atoms with van der Waals surface area (Å²) in [6.45, 7) is 2.48. The molecule has 1 spiro atoms. The zero-order valence-electron chi connectivity index (χ0n) is 16.4. The van der Waals surface area contributed by atoms with Crippen molar-refractivity contribution in [2.24, 2.45) is 0 Å². The number of nitrogens with one attached hydrogen (secondary N) is 2. The molecule has 30 heavy (non-hydrogen) atoms. The molecule has 4 amide bonds. The number of nitrogens with zero attached hydrogens (tertiary/aromatic N) is 1. The van der Waals surface area contributed by atoms with Crippen LogP contribution in [0.4, 0.5) is 10.5 Å².